The van der Waals surface area contributed by atoms with Crippen LogP contribution in [0.5, 0.6) is 0 Å². The molecule has 144 valence electrons. The van der Waals surface area contributed by atoms with E-state index in [1.165, 1.54) is 46.8 Å². The third kappa shape index (κ3) is 4.55. The van der Waals surface area contributed by atoms with E-state index in [1.807, 2.05) is 0 Å². The number of thiophene rings is 1. The van der Waals surface area contributed by atoms with Crippen molar-refractivity contribution >= 4 is 38.9 Å². The van der Waals surface area contributed by atoms with Crippen LogP contribution in [0.25, 0.3) is 0 Å². The van der Waals surface area contributed by atoms with Gasteiger partial charge in [0.05, 0.1) is 4.90 Å². The molecule has 9 heteroatoms. The average Bonchev–Trinajstić information content (AvgIpc) is 3.36. The van der Waals surface area contributed by atoms with Crippen LogP contribution in [0.15, 0.2) is 46.7 Å². The van der Waals surface area contributed by atoms with Gasteiger partial charge in [-0.3, -0.25) is 4.79 Å². The van der Waals surface area contributed by atoms with Crippen LogP contribution >= 0.6 is 11.3 Å². The molecule has 1 aliphatic rings. The quantitative estimate of drug-likeness (QED) is 0.742. The zero-order valence-corrected chi connectivity index (χ0v) is 16.4. The summed E-state index contributed by atoms with van der Waals surface area (Å²) in [7, 11) is -3.49. The molecule has 1 atom stereocenters. The third-order valence-corrected chi connectivity index (χ3v) is 6.96. The Kier molecular flexibility index (Phi) is 5.93. The molecule has 1 saturated heterocycles. The van der Waals surface area contributed by atoms with E-state index in [9.17, 15) is 18.0 Å². The highest BCUT2D eigenvalue weighted by Gasteiger charge is 2.27. The molecule has 0 saturated carbocycles. The molecule has 0 bridgehead atoms. The Morgan fingerprint density at radius 3 is 2.41 bits per heavy atom. The van der Waals surface area contributed by atoms with E-state index in [2.05, 4.69) is 5.32 Å². The normalized spacial score (nSPS) is 16.0. The number of nitrogens with one attached hydrogen (secondary N) is 1. The zero-order valence-electron chi connectivity index (χ0n) is 14.8. The molecule has 2 aromatic rings. The van der Waals surface area contributed by atoms with Crippen molar-refractivity contribution in [1.82, 2.24) is 4.31 Å². The lowest BCUT2D eigenvalue weighted by Gasteiger charge is -2.16. The molecule has 0 spiro atoms. The number of carbonyl (C=O) groups is 2. The Bertz CT molecular complexity index is 902. The molecule has 27 heavy (non-hydrogen) atoms. The summed E-state index contributed by atoms with van der Waals surface area (Å²) in [6.07, 6.45) is 0.762. The number of nitrogens with zero attached hydrogens (tertiary/aromatic N) is 1. The number of hydrogen-bond donors (Lipinski definition) is 1. The summed E-state index contributed by atoms with van der Waals surface area (Å²) in [4.78, 5) is 24.7. The molecule has 1 N–H and O–H groups in total. The summed E-state index contributed by atoms with van der Waals surface area (Å²) in [5, 5.41) is 4.37. The molecule has 0 aliphatic carbocycles. The van der Waals surface area contributed by atoms with Crippen molar-refractivity contribution in [3.63, 3.8) is 0 Å². The largest absolute Gasteiger partial charge is 0.448 e. The summed E-state index contributed by atoms with van der Waals surface area (Å²) >= 11 is 1.24. The minimum absolute atomic E-state index is 0.194. The minimum Gasteiger partial charge on any atom is -0.448 e. The van der Waals surface area contributed by atoms with Crippen LogP contribution in [-0.4, -0.2) is 43.8 Å². The smallest absolute Gasteiger partial charge is 0.349 e. The average molecular weight is 409 g/mol. The Balaban J connectivity index is 1.60. The van der Waals surface area contributed by atoms with E-state index in [1.54, 1.807) is 17.5 Å². The zero-order chi connectivity index (χ0) is 19.4. The fraction of sp³-hybridized carbons (Fsp3) is 0.333. The van der Waals surface area contributed by atoms with Crippen molar-refractivity contribution in [1.29, 1.82) is 0 Å². The van der Waals surface area contributed by atoms with Gasteiger partial charge in [0.2, 0.25) is 10.0 Å². The van der Waals surface area contributed by atoms with Crippen LogP contribution in [0.2, 0.25) is 0 Å². The number of anilines is 1. The Hall–Kier alpha value is -2.23. The summed E-state index contributed by atoms with van der Waals surface area (Å²) in [6.45, 7) is 2.55. The van der Waals surface area contributed by atoms with Gasteiger partial charge in [-0.05, 0) is 55.5 Å². The van der Waals surface area contributed by atoms with Gasteiger partial charge in [0.1, 0.15) is 4.88 Å². The van der Waals surface area contributed by atoms with E-state index < -0.39 is 28.0 Å². The van der Waals surface area contributed by atoms with E-state index >= 15 is 0 Å². The van der Waals surface area contributed by atoms with Crippen LogP contribution in [-0.2, 0) is 19.6 Å². The third-order valence-electron chi connectivity index (χ3n) is 4.20. The lowest BCUT2D eigenvalue weighted by molar-refractivity contribution is -0.123. The van der Waals surface area contributed by atoms with Gasteiger partial charge < -0.3 is 10.1 Å². The van der Waals surface area contributed by atoms with E-state index in [0.717, 1.165) is 12.8 Å². The first-order chi connectivity index (χ1) is 12.9. The highest BCUT2D eigenvalue weighted by Crippen LogP contribution is 2.22. The summed E-state index contributed by atoms with van der Waals surface area (Å²) < 4.78 is 31.6. The fourth-order valence-corrected chi connectivity index (χ4v) is 4.82. The van der Waals surface area contributed by atoms with Crippen molar-refractivity contribution in [2.75, 3.05) is 18.4 Å². The van der Waals surface area contributed by atoms with E-state index in [0.29, 0.717) is 23.7 Å². The maximum atomic E-state index is 12.5. The molecular weight excluding hydrogens is 388 g/mol. The van der Waals surface area contributed by atoms with E-state index in [-0.39, 0.29) is 4.90 Å². The van der Waals surface area contributed by atoms with Crippen molar-refractivity contribution in [3.05, 3.63) is 46.7 Å². The Morgan fingerprint density at radius 2 is 1.81 bits per heavy atom. The first-order valence-electron chi connectivity index (χ1n) is 8.53. The van der Waals surface area contributed by atoms with Crippen LogP contribution in [0.3, 0.4) is 0 Å². The van der Waals surface area contributed by atoms with Gasteiger partial charge in [-0.15, -0.1) is 11.3 Å². The first-order valence-corrected chi connectivity index (χ1v) is 10.9. The fourth-order valence-electron chi connectivity index (χ4n) is 2.70. The molecule has 1 aromatic carbocycles. The number of rotatable bonds is 6. The van der Waals surface area contributed by atoms with Crippen LogP contribution in [0, 0.1) is 0 Å². The number of amides is 1. The second-order valence-corrected chi connectivity index (χ2v) is 9.04. The molecule has 2 heterocycles. The number of esters is 1. The molecule has 0 radical (unpaired) electrons. The predicted molar refractivity (Wildman–Crippen MR) is 102 cm³/mol. The lowest BCUT2D eigenvalue weighted by atomic mass is 10.3. The second kappa shape index (κ2) is 8.20. The first kappa shape index (κ1) is 19.5. The van der Waals surface area contributed by atoms with Crippen LogP contribution in [0.1, 0.15) is 29.4 Å². The van der Waals surface area contributed by atoms with Gasteiger partial charge in [0.25, 0.3) is 5.91 Å². The topological polar surface area (TPSA) is 92.8 Å². The minimum atomic E-state index is -3.49. The van der Waals surface area contributed by atoms with Gasteiger partial charge in [-0.1, -0.05) is 6.07 Å². The van der Waals surface area contributed by atoms with Crippen molar-refractivity contribution in [2.24, 2.45) is 0 Å². The Morgan fingerprint density at radius 1 is 1.15 bits per heavy atom. The molecule has 3 rings (SSSR count). The SMILES string of the molecule is C[C@@H](OC(=O)c1cccs1)C(=O)Nc1ccc(S(=O)(=O)N2CCCC2)cc1. The number of benzene rings is 1. The molecule has 1 aromatic heterocycles. The highest BCUT2D eigenvalue weighted by atomic mass is 32.2. The lowest BCUT2D eigenvalue weighted by Crippen LogP contribution is -2.30. The van der Waals surface area contributed by atoms with E-state index in [4.69, 9.17) is 4.74 Å². The Labute approximate surface area is 162 Å². The van der Waals surface area contributed by atoms with Crippen molar-refractivity contribution in [2.45, 2.75) is 30.8 Å². The van der Waals surface area contributed by atoms with Crippen molar-refractivity contribution in [3.8, 4) is 0 Å². The second-order valence-electron chi connectivity index (χ2n) is 6.15. The maximum Gasteiger partial charge on any atom is 0.349 e. The molecule has 1 amide bonds. The van der Waals surface area contributed by atoms with Gasteiger partial charge in [-0.2, -0.15) is 4.31 Å². The number of hydrogen-bond acceptors (Lipinski definition) is 6. The summed E-state index contributed by atoms with van der Waals surface area (Å²) in [6, 6.07) is 9.32. The molecular formula is C18H20N2O5S2. The van der Waals surface area contributed by atoms with Crippen LogP contribution in [0.4, 0.5) is 5.69 Å². The standard InChI is InChI=1S/C18H20N2O5S2/c1-13(25-18(22)16-5-4-12-26-16)17(21)19-14-6-8-15(9-7-14)27(23,24)20-10-2-3-11-20/h4-9,12-13H,2-3,10-11H2,1H3,(H,19,21)/t13-/m1/s1. The van der Waals surface area contributed by atoms with Crippen molar-refractivity contribution < 1.29 is 22.7 Å². The monoisotopic (exact) mass is 408 g/mol. The molecule has 0 unspecified atom stereocenters. The van der Waals surface area contributed by atoms with Gasteiger partial charge in [0.15, 0.2) is 6.10 Å². The number of carbonyl (C=O) groups excluding carboxylic acids is 2. The van der Waals surface area contributed by atoms with Gasteiger partial charge in [0, 0.05) is 18.8 Å². The number of sulfonamides is 1. The van der Waals surface area contributed by atoms with Crippen LogP contribution < -0.4 is 5.32 Å². The van der Waals surface area contributed by atoms with Gasteiger partial charge >= 0.3 is 5.97 Å². The van der Waals surface area contributed by atoms with Gasteiger partial charge in [-0.25, -0.2) is 13.2 Å². The molecule has 7 nitrogen and oxygen atoms in total. The number of ether oxygens (including phenoxy) is 1. The maximum absolute atomic E-state index is 12.5. The molecule has 1 fully saturated rings. The predicted octanol–water partition coefficient (Wildman–Crippen LogP) is 2.72. The highest BCUT2D eigenvalue weighted by molar-refractivity contribution is 7.89. The summed E-state index contributed by atoms with van der Waals surface area (Å²) in [5.74, 6) is -1.05. The summed E-state index contributed by atoms with van der Waals surface area (Å²) in [5.41, 5.74) is 0.430. The molecule has 1 aliphatic heterocycles.